The third-order valence-corrected chi connectivity index (χ3v) is 6.07. The number of aromatic nitrogens is 4. The van der Waals surface area contributed by atoms with Crippen LogP contribution in [0.1, 0.15) is 22.7 Å². The molecule has 0 saturated heterocycles. The molecule has 0 bridgehead atoms. The molecule has 1 amide bonds. The average molecular weight is 454 g/mol. The van der Waals surface area contributed by atoms with Crippen molar-refractivity contribution >= 4 is 28.4 Å². The van der Waals surface area contributed by atoms with E-state index in [2.05, 4.69) is 15.0 Å². The summed E-state index contributed by atoms with van der Waals surface area (Å²) in [6, 6.07) is 11.6. The molecule has 0 radical (unpaired) electrons. The molecule has 0 aliphatic rings. The van der Waals surface area contributed by atoms with Gasteiger partial charge < -0.3 is 14.6 Å². The predicted molar refractivity (Wildman–Crippen MR) is 122 cm³/mol. The van der Waals surface area contributed by atoms with Crippen LogP contribution in [0.4, 0.5) is 0 Å². The number of fused-ring (bicyclic) bond motifs is 1. The lowest BCUT2D eigenvalue weighted by atomic mass is 10.1. The van der Waals surface area contributed by atoms with Crippen LogP contribution in [-0.2, 0) is 31.4 Å². The first-order chi connectivity index (χ1) is 15.5. The lowest BCUT2D eigenvalue weighted by Crippen LogP contribution is -2.30. The maximum absolute atomic E-state index is 13.2. The highest BCUT2D eigenvalue weighted by Crippen LogP contribution is 2.22. The van der Waals surface area contributed by atoms with E-state index in [0.29, 0.717) is 25.3 Å². The summed E-state index contributed by atoms with van der Waals surface area (Å²) in [7, 11) is 3.15. The summed E-state index contributed by atoms with van der Waals surface area (Å²) in [5.41, 5.74) is 0.356. The maximum Gasteiger partial charge on any atom is 0.329 e. The molecule has 9 nitrogen and oxygen atoms in total. The number of rotatable bonds is 8. The van der Waals surface area contributed by atoms with E-state index in [1.165, 1.54) is 11.6 Å². The molecule has 1 aromatic carbocycles. The number of nitrogens with one attached hydrogen (secondary N) is 2. The second-order valence-corrected chi connectivity index (χ2v) is 8.37. The van der Waals surface area contributed by atoms with Gasteiger partial charge in [-0.1, -0.05) is 24.3 Å². The van der Waals surface area contributed by atoms with Crippen molar-refractivity contribution in [1.29, 1.82) is 0 Å². The normalized spacial score (nSPS) is 11.1. The van der Waals surface area contributed by atoms with Crippen molar-refractivity contribution < 1.29 is 9.53 Å². The summed E-state index contributed by atoms with van der Waals surface area (Å²) in [6.07, 6.45) is 0.514. The van der Waals surface area contributed by atoms with Crippen LogP contribution in [-0.4, -0.2) is 37.4 Å². The van der Waals surface area contributed by atoms with Gasteiger partial charge in [-0.15, -0.1) is 11.3 Å². The fourth-order valence-electron chi connectivity index (χ4n) is 3.52. The molecule has 10 heteroatoms. The molecule has 2 N–H and O–H groups in total. The van der Waals surface area contributed by atoms with Crippen molar-refractivity contribution in [2.75, 3.05) is 7.11 Å². The van der Waals surface area contributed by atoms with Gasteiger partial charge in [-0.05, 0) is 17.5 Å². The summed E-state index contributed by atoms with van der Waals surface area (Å²) >= 11 is 1.60. The predicted octanol–water partition coefficient (Wildman–Crippen LogP) is 2.18. The number of imidazole rings is 1. The van der Waals surface area contributed by atoms with Crippen molar-refractivity contribution in [3.8, 4) is 5.75 Å². The van der Waals surface area contributed by atoms with Gasteiger partial charge in [0.1, 0.15) is 17.1 Å². The van der Waals surface area contributed by atoms with Gasteiger partial charge in [-0.3, -0.25) is 19.1 Å². The van der Waals surface area contributed by atoms with Crippen molar-refractivity contribution in [3.63, 3.8) is 0 Å². The van der Waals surface area contributed by atoms with Gasteiger partial charge in [0.05, 0.1) is 13.7 Å². The van der Waals surface area contributed by atoms with E-state index in [1.807, 2.05) is 41.8 Å². The van der Waals surface area contributed by atoms with Crippen molar-refractivity contribution in [2.24, 2.45) is 7.05 Å². The lowest BCUT2D eigenvalue weighted by molar-refractivity contribution is -0.132. The highest BCUT2D eigenvalue weighted by Gasteiger charge is 2.18. The minimum Gasteiger partial charge on any atom is -0.496 e. The molecule has 0 atom stereocenters. The van der Waals surface area contributed by atoms with Crippen LogP contribution in [0, 0.1) is 0 Å². The van der Waals surface area contributed by atoms with Crippen LogP contribution in [0.5, 0.6) is 5.75 Å². The monoisotopic (exact) mass is 453 g/mol. The van der Waals surface area contributed by atoms with Crippen molar-refractivity contribution in [1.82, 2.24) is 24.4 Å². The third-order valence-electron chi connectivity index (χ3n) is 5.21. The van der Waals surface area contributed by atoms with E-state index >= 15 is 0 Å². The number of thiophene rings is 1. The number of hydrogen-bond donors (Lipinski definition) is 2. The van der Waals surface area contributed by atoms with E-state index in [9.17, 15) is 14.4 Å². The first-order valence-electron chi connectivity index (χ1n) is 10.1. The number of carbonyl (C=O) groups excluding carboxylic acids is 1. The van der Waals surface area contributed by atoms with Crippen LogP contribution in [0.3, 0.4) is 0 Å². The van der Waals surface area contributed by atoms with E-state index in [1.54, 1.807) is 23.3 Å². The highest BCUT2D eigenvalue weighted by molar-refractivity contribution is 7.09. The number of aromatic amines is 2. The minimum atomic E-state index is -0.532. The third kappa shape index (κ3) is 4.50. The van der Waals surface area contributed by atoms with Gasteiger partial charge in [-0.2, -0.15) is 0 Å². The molecular weight excluding hydrogens is 430 g/mol. The summed E-state index contributed by atoms with van der Waals surface area (Å²) in [6.45, 7) is 0.901. The summed E-state index contributed by atoms with van der Waals surface area (Å²) in [5.74, 6) is 1.16. The second kappa shape index (κ2) is 9.23. The molecule has 32 heavy (non-hydrogen) atoms. The summed E-state index contributed by atoms with van der Waals surface area (Å²) in [4.78, 5) is 49.4. The number of methoxy groups -OCH3 is 1. The number of amides is 1. The molecule has 0 fully saturated rings. The minimum absolute atomic E-state index is 0.0486. The average Bonchev–Trinajstić information content (AvgIpc) is 3.46. The van der Waals surface area contributed by atoms with E-state index in [0.717, 1.165) is 16.2 Å². The van der Waals surface area contributed by atoms with Crippen molar-refractivity contribution in [3.05, 3.63) is 78.9 Å². The fraction of sp³-hybridized carbons (Fsp3) is 0.273. The number of nitrogens with zero attached hydrogens (tertiary/aromatic N) is 3. The Morgan fingerprint density at radius 1 is 1.16 bits per heavy atom. The molecule has 0 saturated carbocycles. The summed E-state index contributed by atoms with van der Waals surface area (Å²) < 4.78 is 6.71. The molecule has 0 aliphatic carbocycles. The topological polar surface area (TPSA) is 113 Å². The first kappa shape index (κ1) is 21.6. The van der Waals surface area contributed by atoms with Crippen LogP contribution in [0.15, 0.2) is 51.4 Å². The molecule has 4 rings (SSSR count). The van der Waals surface area contributed by atoms with E-state index < -0.39 is 11.2 Å². The smallest absolute Gasteiger partial charge is 0.329 e. The number of aryl methyl sites for hydroxylation is 2. The number of para-hydroxylation sites is 1. The van der Waals surface area contributed by atoms with Crippen LogP contribution >= 0.6 is 11.3 Å². The number of carbonyl (C=O) groups is 1. The number of benzene rings is 1. The molecule has 166 valence electrons. The molecule has 0 aliphatic heterocycles. The molecule has 3 heterocycles. The lowest BCUT2D eigenvalue weighted by Gasteiger charge is -2.23. The Morgan fingerprint density at radius 2 is 1.97 bits per heavy atom. The number of ether oxygens (including phenoxy) is 1. The van der Waals surface area contributed by atoms with Gasteiger partial charge in [-0.25, -0.2) is 9.78 Å². The highest BCUT2D eigenvalue weighted by atomic mass is 32.1. The largest absolute Gasteiger partial charge is 0.496 e. The van der Waals surface area contributed by atoms with Crippen LogP contribution in [0.25, 0.3) is 11.2 Å². The van der Waals surface area contributed by atoms with Gasteiger partial charge in [0.25, 0.3) is 5.56 Å². The van der Waals surface area contributed by atoms with Crippen molar-refractivity contribution in [2.45, 2.75) is 25.9 Å². The number of H-pyrrole nitrogens is 2. The van der Waals surface area contributed by atoms with Crippen LogP contribution < -0.4 is 16.0 Å². The van der Waals surface area contributed by atoms with E-state index in [4.69, 9.17) is 4.74 Å². The Kier molecular flexibility index (Phi) is 6.22. The standard InChI is InChI=1S/C22H23N5O4S/c1-26-20-19(21(29)25-22(26)30)23-17(24-20)9-10-18(28)27(13-15-7-5-11-32-15)12-14-6-3-4-8-16(14)31-2/h3-8,11H,9-10,12-13H2,1-2H3,(H,23,24)(H,25,29,30). The van der Waals surface area contributed by atoms with E-state index in [-0.39, 0.29) is 23.5 Å². The Balaban J connectivity index is 1.54. The van der Waals surface area contributed by atoms with Gasteiger partial charge in [0.2, 0.25) is 5.91 Å². The van der Waals surface area contributed by atoms with Crippen LogP contribution in [0.2, 0.25) is 0 Å². The fourth-order valence-corrected chi connectivity index (χ4v) is 4.24. The Labute approximate surface area is 187 Å². The Hall–Kier alpha value is -3.66. The molecule has 0 unspecified atom stereocenters. The Morgan fingerprint density at radius 3 is 2.72 bits per heavy atom. The number of hydrogen-bond acceptors (Lipinski definition) is 6. The van der Waals surface area contributed by atoms with Gasteiger partial charge in [0, 0.05) is 36.9 Å². The quantitative estimate of drug-likeness (QED) is 0.425. The molecule has 0 spiro atoms. The maximum atomic E-state index is 13.2. The first-order valence-corrected chi connectivity index (χ1v) is 10.9. The zero-order chi connectivity index (χ0) is 22.7. The van der Waals surface area contributed by atoms with Gasteiger partial charge >= 0.3 is 5.69 Å². The zero-order valence-electron chi connectivity index (χ0n) is 17.8. The van der Waals surface area contributed by atoms with Gasteiger partial charge in [0.15, 0.2) is 5.65 Å². The SMILES string of the molecule is COc1ccccc1CN(Cc1cccs1)C(=O)CCc1nc2c([nH]1)c(=O)[nH]c(=O)n2C. The molecule has 4 aromatic rings. The molecular formula is C22H23N5O4S. The molecule has 3 aromatic heterocycles. The second-order valence-electron chi connectivity index (χ2n) is 7.34. The Bertz CT molecular complexity index is 1350. The summed E-state index contributed by atoms with van der Waals surface area (Å²) in [5, 5.41) is 1.98. The zero-order valence-corrected chi connectivity index (χ0v) is 18.6.